The van der Waals surface area contributed by atoms with Crippen LogP contribution in [0.5, 0.6) is 5.88 Å². The molecule has 1 heterocycles. The zero-order valence-electron chi connectivity index (χ0n) is 17.0. The Morgan fingerprint density at radius 3 is 2.15 bits per heavy atom. The Kier molecular flexibility index (Phi) is 7.67. The van der Waals surface area contributed by atoms with Crippen LogP contribution in [0, 0.1) is 11.8 Å². The highest BCUT2D eigenvalue weighted by atomic mass is 16.5. The Morgan fingerprint density at radius 1 is 0.852 bits per heavy atom. The minimum absolute atomic E-state index is 0.585. The number of aromatic nitrogens is 2. The minimum Gasteiger partial charge on any atom is -0.477 e. The quantitative estimate of drug-likeness (QED) is 0.510. The van der Waals surface area contributed by atoms with Gasteiger partial charge in [-0.3, -0.25) is 0 Å². The first-order valence-electron chi connectivity index (χ1n) is 10.8. The zero-order valence-corrected chi connectivity index (χ0v) is 17.0. The van der Waals surface area contributed by atoms with Crippen LogP contribution in [0.4, 0.5) is 0 Å². The Morgan fingerprint density at radius 2 is 1.56 bits per heavy atom. The third kappa shape index (κ3) is 6.05. The summed E-state index contributed by atoms with van der Waals surface area (Å²) in [6.07, 6.45) is 12.5. The van der Waals surface area contributed by atoms with Crippen LogP contribution in [0.1, 0.15) is 70.8 Å². The fourth-order valence-corrected chi connectivity index (χ4v) is 4.21. The first-order valence-corrected chi connectivity index (χ1v) is 10.8. The summed E-state index contributed by atoms with van der Waals surface area (Å²) in [7, 11) is 0. The second-order valence-electron chi connectivity index (χ2n) is 7.95. The lowest BCUT2D eigenvalue weighted by Crippen LogP contribution is -2.15. The van der Waals surface area contributed by atoms with Crippen LogP contribution in [-0.2, 0) is 6.42 Å². The molecule has 0 amide bonds. The molecule has 3 rings (SSSR count). The van der Waals surface area contributed by atoms with E-state index in [1.165, 1.54) is 63.4 Å². The van der Waals surface area contributed by atoms with E-state index in [1.807, 2.05) is 19.1 Å². The van der Waals surface area contributed by atoms with Crippen LogP contribution in [0.15, 0.2) is 36.4 Å². The normalized spacial score (nSPS) is 19.8. The molecule has 146 valence electrons. The molecule has 0 unspecified atom stereocenters. The fourth-order valence-electron chi connectivity index (χ4n) is 4.21. The van der Waals surface area contributed by atoms with Gasteiger partial charge in [0.15, 0.2) is 0 Å². The lowest BCUT2D eigenvalue weighted by atomic mass is 9.78. The van der Waals surface area contributed by atoms with Gasteiger partial charge in [-0.15, -0.1) is 10.2 Å². The van der Waals surface area contributed by atoms with E-state index < -0.39 is 0 Å². The Hall–Kier alpha value is -1.90. The van der Waals surface area contributed by atoms with Crippen LogP contribution in [0.3, 0.4) is 0 Å². The number of hydrogen-bond donors (Lipinski definition) is 0. The number of ether oxygens (including phenoxy) is 1. The number of nitrogens with zero attached hydrogens (tertiary/aromatic N) is 2. The van der Waals surface area contributed by atoms with Gasteiger partial charge in [0.1, 0.15) is 0 Å². The molecule has 1 aliphatic rings. The standard InChI is InChI=1S/C24H34N2O/c1-3-5-6-19-7-9-20(10-8-19)11-12-21-13-15-22(16-14-21)23-17-18-24(26-25-23)27-4-2/h13-20H,3-12H2,1-2H3. The summed E-state index contributed by atoms with van der Waals surface area (Å²) in [5, 5.41) is 8.39. The highest BCUT2D eigenvalue weighted by molar-refractivity contribution is 5.59. The first-order chi connectivity index (χ1) is 13.3. The number of unbranched alkanes of at least 4 members (excludes halogenated alkanes) is 1. The van der Waals surface area contributed by atoms with E-state index in [4.69, 9.17) is 4.74 Å². The van der Waals surface area contributed by atoms with Gasteiger partial charge in [0.05, 0.1) is 12.3 Å². The maximum atomic E-state index is 5.36. The summed E-state index contributed by atoms with van der Waals surface area (Å²) < 4.78 is 5.36. The first kappa shape index (κ1) is 19.9. The molecule has 2 aromatic rings. The molecule has 0 bridgehead atoms. The fraction of sp³-hybridized carbons (Fsp3) is 0.583. The Labute approximate surface area is 164 Å². The van der Waals surface area contributed by atoms with E-state index in [1.54, 1.807) is 0 Å². The highest BCUT2D eigenvalue weighted by Crippen LogP contribution is 2.34. The van der Waals surface area contributed by atoms with Crippen molar-refractivity contribution in [1.29, 1.82) is 0 Å². The molecular formula is C24H34N2O. The van der Waals surface area contributed by atoms with E-state index in [-0.39, 0.29) is 0 Å². The van der Waals surface area contributed by atoms with Crippen LogP contribution >= 0.6 is 0 Å². The van der Waals surface area contributed by atoms with Gasteiger partial charge in [-0.1, -0.05) is 76.1 Å². The van der Waals surface area contributed by atoms with Gasteiger partial charge in [-0.2, -0.15) is 0 Å². The monoisotopic (exact) mass is 366 g/mol. The topological polar surface area (TPSA) is 35.0 Å². The summed E-state index contributed by atoms with van der Waals surface area (Å²) in [4.78, 5) is 0. The molecule has 3 nitrogen and oxygen atoms in total. The van der Waals surface area contributed by atoms with Crippen LogP contribution < -0.4 is 4.74 Å². The molecule has 0 aliphatic heterocycles. The van der Waals surface area contributed by atoms with Gasteiger partial charge in [-0.25, -0.2) is 0 Å². The lowest BCUT2D eigenvalue weighted by Gasteiger charge is -2.28. The van der Waals surface area contributed by atoms with E-state index in [0.29, 0.717) is 12.5 Å². The molecule has 0 radical (unpaired) electrons. The summed E-state index contributed by atoms with van der Waals surface area (Å²) in [5.74, 6) is 2.53. The Bertz CT molecular complexity index is 658. The van der Waals surface area contributed by atoms with Gasteiger partial charge in [0, 0.05) is 11.6 Å². The van der Waals surface area contributed by atoms with Gasteiger partial charge in [0.25, 0.3) is 0 Å². The molecule has 0 N–H and O–H groups in total. The third-order valence-corrected chi connectivity index (χ3v) is 5.96. The summed E-state index contributed by atoms with van der Waals surface area (Å²) in [5.41, 5.74) is 3.45. The van der Waals surface area contributed by atoms with Crippen molar-refractivity contribution in [3.8, 4) is 17.1 Å². The van der Waals surface area contributed by atoms with Crippen molar-refractivity contribution in [2.45, 2.75) is 71.6 Å². The average molecular weight is 367 g/mol. The highest BCUT2D eigenvalue weighted by Gasteiger charge is 2.20. The number of rotatable bonds is 9. The van der Waals surface area contributed by atoms with Crippen LogP contribution in [0.2, 0.25) is 0 Å². The van der Waals surface area contributed by atoms with E-state index in [9.17, 15) is 0 Å². The van der Waals surface area contributed by atoms with Gasteiger partial charge in [-0.05, 0) is 43.2 Å². The van der Waals surface area contributed by atoms with Crippen LogP contribution in [0.25, 0.3) is 11.3 Å². The minimum atomic E-state index is 0.585. The van der Waals surface area contributed by atoms with Crippen molar-refractivity contribution in [1.82, 2.24) is 10.2 Å². The molecule has 27 heavy (non-hydrogen) atoms. The van der Waals surface area contributed by atoms with Gasteiger partial charge < -0.3 is 4.74 Å². The van der Waals surface area contributed by atoms with Crippen molar-refractivity contribution < 1.29 is 4.74 Å². The largest absolute Gasteiger partial charge is 0.477 e. The van der Waals surface area contributed by atoms with Crippen molar-refractivity contribution in [2.24, 2.45) is 11.8 Å². The summed E-state index contributed by atoms with van der Waals surface area (Å²) >= 11 is 0. The smallest absolute Gasteiger partial charge is 0.233 e. The molecule has 0 saturated heterocycles. The average Bonchev–Trinajstić information content (AvgIpc) is 2.73. The molecular weight excluding hydrogens is 332 g/mol. The summed E-state index contributed by atoms with van der Waals surface area (Å²) in [6, 6.07) is 12.7. The molecule has 0 atom stereocenters. The maximum absolute atomic E-state index is 5.36. The second-order valence-corrected chi connectivity index (χ2v) is 7.95. The molecule has 1 aromatic carbocycles. The number of benzene rings is 1. The van der Waals surface area contributed by atoms with Crippen molar-refractivity contribution in [3.05, 3.63) is 42.0 Å². The van der Waals surface area contributed by atoms with E-state index in [2.05, 4.69) is 41.4 Å². The molecule has 1 fully saturated rings. The Balaban J connectivity index is 1.45. The van der Waals surface area contributed by atoms with Gasteiger partial charge >= 0.3 is 0 Å². The van der Waals surface area contributed by atoms with E-state index >= 15 is 0 Å². The third-order valence-electron chi connectivity index (χ3n) is 5.96. The summed E-state index contributed by atoms with van der Waals surface area (Å²) in [6.45, 7) is 4.87. The predicted molar refractivity (Wildman–Crippen MR) is 112 cm³/mol. The van der Waals surface area contributed by atoms with Crippen molar-refractivity contribution >= 4 is 0 Å². The van der Waals surface area contributed by atoms with Crippen molar-refractivity contribution in [2.75, 3.05) is 6.61 Å². The zero-order chi connectivity index (χ0) is 18.9. The lowest BCUT2D eigenvalue weighted by molar-refractivity contribution is 0.250. The molecule has 1 aromatic heterocycles. The molecule has 3 heteroatoms. The molecule has 0 spiro atoms. The van der Waals surface area contributed by atoms with Gasteiger partial charge in [0.2, 0.25) is 5.88 Å². The number of hydrogen-bond acceptors (Lipinski definition) is 3. The van der Waals surface area contributed by atoms with E-state index in [0.717, 1.165) is 23.1 Å². The predicted octanol–water partition coefficient (Wildman–Crippen LogP) is 6.47. The van der Waals surface area contributed by atoms with Crippen molar-refractivity contribution in [3.63, 3.8) is 0 Å². The number of aryl methyl sites for hydroxylation is 1. The molecule has 1 aliphatic carbocycles. The second kappa shape index (κ2) is 10.4. The SMILES string of the molecule is CCCCC1CCC(CCc2ccc(-c3ccc(OCC)nn3)cc2)CC1. The molecule has 1 saturated carbocycles. The van der Waals surface area contributed by atoms with Crippen LogP contribution in [-0.4, -0.2) is 16.8 Å². The maximum Gasteiger partial charge on any atom is 0.233 e.